The summed E-state index contributed by atoms with van der Waals surface area (Å²) in [6.07, 6.45) is 3.83. The fraction of sp³-hybridized carbons (Fsp3) is 0.615. The first-order valence-electron chi connectivity index (χ1n) is 6.43. The minimum Gasteiger partial charge on any atom is -0.329 e. The average Bonchev–Trinajstić information content (AvgIpc) is 2.38. The van der Waals surface area contributed by atoms with Crippen LogP contribution in [0.2, 0.25) is 0 Å². The molecular formula is C13H23N3O2S. The second-order valence-electron chi connectivity index (χ2n) is 5.10. The standard InChI is InChI=1S/C13H23N3O2S/c1-4-16(13(2,3)11-14)19(17,18)10-7-12-5-8-15-9-6-12/h5-6,8-9H,4,7,10-11,14H2,1-3H3. The molecule has 0 saturated heterocycles. The molecule has 0 amide bonds. The maximum absolute atomic E-state index is 12.4. The van der Waals surface area contributed by atoms with Crippen LogP contribution < -0.4 is 5.73 Å². The van der Waals surface area contributed by atoms with Gasteiger partial charge in [0.25, 0.3) is 0 Å². The number of hydrogen-bond acceptors (Lipinski definition) is 4. The molecule has 0 spiro atoms. The van der Waals surface area contributed by atoms with Gasteiger partial charge in [-0.3, -0.25) is 4.98 Å². The Morgan fingerprint density at radius 1 is 1.32 bits per heavy atom. The van der Waals surface area contributed by atoms with Gasteiger partial charge in [-0.2, -0.15) is 4.31 Å². The van der Waals surface area contributed by atoms with Crippen molar-refractivity contribution in [1.29, 1.82) is 0 Å². The lowest BCUT2D eigenvalue weighted by Crippen LogP contribution is -2.52. The number of nitrogens with zero attached hydrogens (tertiary/aromatic N) is 2. The molecule has 1 aromatic rings. The summed E-state index contributed by atoms with van der Waals surface area (Å²) in [6.45, 7) is 6.26. The highest BCUT2D eigenvalue weighted by Crippen LogP contribution is 2.18. The number of aromatic nitrogens is 1. The van der Waals surface area contributed by atoms with Gasteiger partial charge < -0.3 is 5.73 Å². The van der Waals surface area contributed by atoms with Crippen LogP contribution in [0, 0.1) is 0 Å². The second-order valence-corrected chi connectivity index (χ2v) is 7.12. The van der Waals surface area contributed by atoms with Crippen molar-refractivity contribution >= 4 is 10.0 Å². The van der Waals surface area contributed by atoms with Crippen LogP contribution in [0.25, 0.3) is 0 Å². The van der Waals surface area contributed by atoms with Crippen LogP contribution in [0.5, 0.6) is 0 Å². The lowest BCUT2D eigenvalue weighted by Gasteiger charge is -2.35. The highest BCUT2D eigenvalue weighted by atomic mass is 32.2. The Hall–Kier alpha value is -0.980. The van der Waals surface area contributed by atoms with Gasteiger partial charge in [0.15, 0.2) is 0 Å². The highest BCUT2D eigenvalue weighted by molar-refractivity contribution is 7.89. The lowest BCUT2D eigenvalue weighted by atomic mass is 10.1. The van der Waals surface area contributed by atoms with E-state index in [0.29, 0.717) is 19.5 Å². The Kier molecular flexibility index (Phi) is 5.46. The third kappa shape index (κ3) is 4.26. The molecule has 0 unspecified atom stereocenters. The van der Waals surface area contributed by atoms with Crippen LogP contribution in [0.4, 0.5) is 0 Å². The van der Waals surface area contributed by atoms with Gasteiger partial charge >= 0.3 is 0 Å². The molecule has 19 heavy (non-hydrogen) atoms. The van der Waals surface area contributed by atoms with E-state index in [2.05, 4.69) is 4.98 Å². The summed E-state index contributed by atoms with van der Waals surface area (Å²) in [4.78, 5) is 3.92. The highest BCUT2D eigenvalue weighted by Gasteiger charge is 2.33. The van der Waals surface area contributed by atoms with Gasteiger partial charge in [0, 0.05) is 31.0 Å². The van der Waals surface area contributed by atoms with Crippen molar-refractivity contribution < 1.29 is 8.42 Å². The first kappa shape index (κ1) is 16.1. The molecule has 0 radical (unpaired) electrons. The van der Waals surface area contributed by atoms with Gasteiger partial charge in [-0.05, 0) is 38.0 Å². The van der Waals surface area contributed by atoms with E-state index in [1.807, 2.05) is 32.9 Å². The molecular weight excluding hydrogens is 262 g/mol. The molecule has 0 aliphatic carbocycles. The SMILES string of the molecule is CCN(C(C)(C)CN)S(=O)(=O)CCc1ccncc1. The summed E-state index contributed by atoms with van der Waals surface area (Å²) < 4.78 is 26.3. The number of sulfonamides is 1. The largest absolute Gasteiger partial charge is 0.329 e. The number of pyridine rings is 1. The van der Waals surface area contributed by atoms with E-state index in [1.54, 1.807) is 12.4 Å². The Morgan fingerprint density at radius 2 is 1.89 bits per heavy atom. The molecule has 0 saturated carbocycles. The van der Waals surface area contributed by atoms with Gasteiger partial charge in [-0.1, -0.05) is 6.92 Å². The molecule has 1 aromatic heterocycles. The molecule has 0 aliphatic heterocycles. The van der Waals surface area contributed by atoms with Gasteiger partial charge in [0.05, 0.1) is 5.75 Å². The Morgan fingerprint density at radius 3 is 2.37 bits per heavy atom. The summed E-state index contributed by atoms with van der Waals surface area (Å²) >= 11 is 0. The van der Waals surface area contributed by atoms with Crippen molar-refractivity contribution in [1.82, 2.24) is 9.29 Å². The van der Waals surface area contributed by atoms with Crippen LogP contribution in [0.1, 0.15) is 26.3 Å². The molecule has 0 aromatic carbocycles. The van der Waals surface area contributed by atoms with Crippen molar-refractivity contribution in [3.8, 4) is 0 Å². The summed E-state index contributed by atoms with van der Waals surface area (Å²) in [7, 11) is -3.31. The predicted molar refractivity (Wildman–Crippen MR) is 77.2 cm³/mol. The fourth-order valence-electron chi connectivity index (χ4n) is 2.01. The lowest BCUT2D eigenvalue weighted by molar-refractivity contribution is 0.244. The van der Waals surface area contributed by atoms with Crippen molar-refractivity contribution in [3.05, 3.63) is 30.1 Å². The Balaban J connectivity index is 2.80. The van der Waals surface area contributed by atoms with Gasteiger partial charge in [-0.15, -0.1) is 0 Å². The molecule has 0 atom stereocenters. The van der Waals surface area contributed by atoms with Crippen molar-refractivity contribution in [2.45, 2.75) is 32.7 Å². The molecule has 2 N–H and O–H groups in total. The van der Waals surface area contributed by atoms with Crippen LogP contribution >= 0.6 is 0 Å². The van der Waals surface area contributed by atoms with E-state index in [1.165, 1.54) is 4.31 Å². The molecule has 6 heteroatoms. The van der Waals surface area contributed by atoms with E-state index in [4.69, 9.17) is 5.73 Å². The predicted octanol–water partition coefficient (Wildman–Crippen LogP) is 1.01. The Labute approximate surface area is 115 Å². The van der Waals surface area contributed by atoms with Crippen molar-refractivity contribution in [3.63, 3.8) is 0 Å². The Bertz CT molecular complexity index is 486. The summed E-state index contributed by atoms with van der Waals surface area (Å²) in [5.41, 5.74) is 6.09. The van der Waals surface area contributed by atoms with E-state index >= 15 is 0 Å². The van der Waals surface area contributed by atoms with Crippen molar-refractivity contribution in [2.24, 2.45) is 5.73 Å². The fourth-order valence-corrected chi connectivity index (χ4v) is 3.94. The van der Waals surface area contributed by atoms with Crippen molar-refractivity contribution in [2.75, 3.05) is 18.8 Å². The average molecular weight is 285 g/mol. The van der Waals surface area contributed by atoms with Crippen LogP contribution in [0.3, 0.4) is 0 Å². The minimum atomic E-state index is -3.31. The summed E-state index contributed by atoms with van der Waals surface area (Å²) in [6, 6.07) is 3.67. The zero-order chi connectivity index (χ0) is 14.5. The minimum absolute atomic E-state index is 0.0916. The number of hydrogen-bond donors (Lipinski definition) is 1. The monoisotopic (exact) mass is 285 g/mol. The van der Waals surface area contributed by atoms with Gasteiger partial charge in [-0.25, -0.2) is 8.42 Å². The first-order chi connectivity index (χ1) is 8.83. The number of nitrogens with two attached hydrogens (primary N) is 1. The van der Waals surface area contributed by atoms with E-state index in [-0.39, 0.29) is 5.75 Å². The topological polar surface area (TPSA) is 76.3 Å². The van der Waals surface area contributed by atoms with Crippen LogP contribution in [0.15, 0.2) is 24.5 Å². The van der Waals surface area contributed by atoms with E-state index < -0.39 is 15.6 Å². The molecule has 0 aliphatic rings. The number of rotatable bonds is 7. The zero-order valence-electron chi connectivity index (χ0n) is 11.8. The molecule has 1 rings (SSSR count). The van der Waals surface area contributed by atoms with Gasteiger partial charge in [0.1, 0.15) is 0 Å². The molecule has 0 bridgehead atoms. The smallest absolute Gasteiger partial charge is 0.214 e. The first-order valence-corrected chi connectivity index (χ1v) is 8.04. The maximum atomic E-state index is 12.4. The van der Waals surface area contributed by atoms with Crippen LogP contribution in [-0.2, 0) is 16.4 Å². The summed E-state index contributed by atoms with van der Waals surface area (Å²) in [5.74, 6) is 0.0916. The van der Waals surface area contributed by atoms with Gasteiger partial charge in [0.2, 0.25) is 10.0 Å². The third-order valence-electron chi connectivity index (χ3n) is 3.20. The molecule has 5 nitrogen and oxygen atoms in total. The normalized spacial score (nSPS) is 12.9. The van der Waals surface area contributed by atoms with E-state index in [9.17, 15) is 8.42 Å². The zero-order valence-corrected chi connectivity index (χ0v) is 12.7. The molecule has 0 fully saturated rings. The summed E-state index contributed by atoms with van der Waals surface area (Å²) in [5, 5.41) is 0. The number of aryl methyl sites for hydroxylation is 1. The van der Waals surface area contributed by atoms with E-state index in [0.717, 1.165) is 5.56 Å². The molecule has 108 valence electrons. The second kappa shape index (κ2) is 6.45. The quantitative estimate of drug-likeness (QED) is 0.811. The number of likely N-dealkylation sites (N-methyl/N-ethyl adjacent to an activating group) is 1. The molecule has 1 heterocycles. The van der Waals surface area contributed by atoms with Crippen LogP contribution in [-0.4, -0.2) is 42.1 Å². The maximum Gasteiger partial charge on any atom is 0.214 e. The third-order valence-corrected chi connectivity index (χ3v) is 5.34.